The van der Waals surface area contributed by atoms with Crippen molar-refractivity contribution < 1.29 is 10.2 Å². The minimum Gasteiger partial charge on any atom is -0.389 e. The van der Waals surface area contributed by atoms with Crippen LogP contribution in [-0.2, 0) is 0 Å². The maximum Gasteiger partial charge on any atom is 0.0979 e. The van der Waals surface area contributed by atoms with E-state index in [2.05, 4.69) is 0 Å². The SMILES string of the molecule is NC1CC(N)C(O)C(O)C1N. The molecule has 1 fully saturated rings. The zero-order valence-corrected chi connectivity index (χ0v) is 6.22. The van der Waals surface area contributed by atoms with E-state index < -0.39 is 24.3 Å². The van der Waals surface area contributed by atoms with Gasteiger partial charge >= 0.3 is 0 Å². The Labute approximate surface area is 65.2 Å². The Bertz CT molecular complexity index is 130. The topological polar surface area (TPSA) is 119 Å². The number of hydrogen-bond donors (Lipinski definition) is 5. The van der Waals surface area contributed by atoms with Crippen LogP contribution in [0.3, 0.4) is 0 Å². The van der Waals surface area contributed by atoms with Crippen LogP contribution < -0.4 is 17.2 Å². The molecule has 66 valence electrons. The molecule has 5 atom stereocenters. The van der Waals surface area contributed by atoms with E-state index >= 15 is 0 Å². The lowest BCUT2D eigenvalue weighted by atomic mass is 9.84. The molecular weight excluding hydrogens is 146 g/mol. The van der Waals surface area contributed by atoms with Crippen LogP contribution in [0.25, 0.3) is 0 Å². The zero-order valence-electron chi connectivity index (χ0n) is 6.22. The first-order valence-electron chi connectivity index (χ1n) is 3.67. The largest absolute Gasteiger partial charge is 0.389 e. The minimum absolute atomic E-state index is 0.316. The summed E-state index contributed by atoms with van der Waals surface area (Å²) in [6.07, 6.45) is -1.47. The fourth-order valence-electron chi connectivity index (χ4n) is 1.35. The van der Waals surface area contributed by atoms with Gasteiger partial charge in [-0.2, -0.15) is 0 Å². The standard InChI is InChI=1S/C6H15N3O2/c7-2-1-3(8)5(10)6(11)4(2)9/h2-6,10-11H,1,7-9H2. The molecule has 8 N–H and O–H groups in total. The van der Waals surface area contributed by atoms with Crippen molar-refractivity contribution in [2.24, 2.45) is 17.2 Å². The molecule has 5 nitrogen and oxygen atoms in total. The highest BCUT2D eigenvalue weighted by molar-refractivity contribution is 4.98. The molecule has 0 aromatic heterocycles. The van der Waals surface area contributed by atoms with Gasteiger partial charge in [-0.3, -0.25) is 0 Å². The number of hydrogen-bond acceptors (Lipinski definition) is 5. The van der Waals surface area contributed by atoms with E-state index in [9.17, 15) is 10.2 Å². The second kappa shape index (κ2) is 3.04. The molecule has 0 aromatic rings. The highest BCUT2D eigenvalue weighted by atomic mass is 16.3. The van der Waals surface area contributed by atoms with Crippen LogP contribution in [0.5, 0.6) is 0 Å². The average Bonchev–Trinajstić information content (AvgIpc) is 1.97. The van der Waals surface area contributed by atoms with Gasteiger partial charge in [-0.25, -0.2) is 0 Å². The Morgan fingerprint density at radius 1 is 0.909 bits per heavy atom. The molecule has 0 radical (unpaired) electrons. The molecule has 0 aromatic carbocycles. The van der Waals surface area contributed by atoms with Crippen molar-refractivity contribution in [3.8, 4) is 0 Å². The summed E-state index contributed by atoms with van der Waals surface area (Å²) >= 11 is 0. The number of aliphatic hydroxyl groups excluding tert-OH is 2. The lowest BCUT2D eigenvalue weighted by Crippen LogP contribution is -2.64. The molecule has 0 bridgehead atoms. The molecule has 0 saturated heterocycles. The summed E-state index contributed by atoms with van der Waals surface area (Å²) in [6, 6.07) is -1.34. The predicted molar refractivity (Wildman–Crippen MR) is 40.6 cm³/mol. The number of aliphatic hydroxyl groups is 2. The molecule has 0 amide bonds. The lowest BCUT2D eigenvalue weighted by Gasteiger charge is -2.37. The summed E-state index contributed by atoms with van der Waals surface area (Å²) in [4.78, 5) is 0. The van der Waals surface area contributed by atoms with Gasteiger partial charge in [0, 0.05) is 18.1 Å². The Morgan fingerprint density at radius 2 is 1.45 bits per heavy atom. The van der Waals surface area contributed by atoms with Crippen molar-refractivity contribution in [1.29, 1.82) is 0 Å². The van der Waals surface area contributed by atoms with E-state index in [0.717, 1.165) is 0 Å². The van der Waals surface area contributed by atoms with Crippen LogP contribution in [0.2, 0.25) is 0 Å². The Morgan fingerprint density at radius 3 is 2.00 bits per heavy atom. The summed E-state index contributed by atoms with van der Waals surface area (Å²) in [5.74, 6) is 0. The van der Waals surface area contributed by atoms with Gasteiger partial charge in [0.1, 0.15) is 0 Å². The number of nitrogens with two attached hydrogens (primary N) is 3. The van der Waals surface area contributed by atoms with E-state index in [-0.39, 0.29) is 6.04 Å². The van der Waals surface area contributed by atoms with Crippen molar-refractivity contribution in [2.45, 2.75) is 36.8 Å². The van der Waals surface area contributed by atoms with Gasteiger partial charge in [-0.05, 0) is 6.42 Å². The first kappa shape index (κ1) is 8.89. The first-order chi connectivity index (χ1) is 5.04. The summed E-state index contributed by atoms with van der Waals surface area (Å²) < 4.78 is 0. The second-order valence-electron chi connectivity index (χ2n) is 3.12. The van der Waals surface area contributed by atoms with Crippen LogP contribution in [0.15, 0.2) is 0 Å². The zero-order chi connectivity index (χ0) is 8.59. The quantitative estimate of drug-likeness (QED) is 0.261. The van der Waals surface area contributed by atoms with E-state index in [1.165, 1.54) is 0 Å². The molecule has 1 aliphatic carbocycles. The maximum atomic E-state index is 9.25. The predicted octanol–water partition coefficient (Wildman–Crippen LogP) is -2.91. The van der Waals surface area contributed by atoms with Gasteiger partial charge in [0.2, 0.25) is 0 Å². The highest BCUT2D eigenvalue weighted by Crippen LogP contribution is 2.15. The fourth-order valence-corrected chi connectivity index (χ4v) is 1.35. The molecule has 0 heterocycles. The summed E-state index contributed by atoms with van der Waals surface area (Å²) in [5.41, 5.74) is 16.5. The molecule has 0 aliphatic heterocycles. The fraction of sp³-hybridized carbons (Fsp3) is 1.00. The third-order valence-electron chi connectivity index (χ3n) is 2.22. The molecule has 1 rings (SSSR count). The lowest BCUT2D eigenvalue weighted by molar-refractivity contribution is -0.0379. The van der Waals surface area contributed by atoms with E-state index in [4.69, 9.17) is 17.2 Å². The van der Waals surface area contributed by atoms with E-state index in [1.807, 2.05) is 0 Å². The van der Waals surface area contributed by atoms with Crippen LogP contribution in [0.1, 0.15) is 6.42 Å². The van der Waals surface area contributed by atoms with Crippen LogP contribution in [0, 0.1) is 0 Å². The third kappa shape index (κ3) is 1.52. The molecular formula is C6H15N3O2. The van der Waals surface area contributed by atoms with Crippen molar-refractivity contribution in [3.63, 3.8) is 0 Å². The monoisotopic (exact) mass is 161 g/mol. The van der Waals surface area contributed by atoms with Crippen molar-refractivity contribution >= 4 is 0 Å². The minimum atomic E-state index is -0.992. The Kier molecular flexibility index (Phi) is 2.46. The van der Waals surface area contributed by atoms with E-state index in [1.54, 1.807) is 0 Å². The third-order valence-corrected chi connectivity index (χ3v) is 2.22. The summed E-state index contributed by atoms with van der Waals surface area (Å²) in [7, 11) is 0. The molecule has 0 spiro atoms. The van der Waals surface area contributed by atoms with Crippen molar-refractivity contribution in [1.82, 2.24) is 0 Å². The molecule has 5 unspecified atom stereocenters. The summed E-state index contributed by atoms with van der Waals surface area (Å²) in [6.45, 7) is 0. The van der Waals surface area contributed by atoms with Crippen molar-refractivity contribution in [2.75, 3.05) is 0 Å². The second-order valence-corrected chi connectivity index (χ2v) is 3.12. The van der Waals surface area contributed by atoms with Gasteiger partial charge < -0.3 is 27.4 Å². The van der Waals surface area contributed by atoms with Crippen LogP contribution in [0.4, 0.5) is 0 Å². The van der Waals surface area contributed by atoms with Gasteiger partial charge in [0.05, 0.1) is 12.2 Å². The molecule has 1 aliphatic rings. The van der Waals surface area contributed by atoms with Gasteiger partial charge in [0.15, 0.2) is 0 Å². The Balaban J connectivity index is 2.63. The molecule has 1 saturated carbocycles. The maximum absolute atomic E-state index is 9.25. The smallest absolute Gasteiger partial charge is 0.0979 e. The van der Waals surface area contributed by atoms with Gasteiger partial charge in [0.25, 0.3) is 0 Å². The van der Waals surface area contributed by atoms with Crippen LogP contribution in [-0.4, -0.2) is 40.5 Å². The number of rotatable bonds is 0. The van der Waals surface area contributed by atoms with Crippen LogP contribution >= 0.6 is 0 Å². The van der Waals surface area contributed by atoms with Gasteiger partial charge in [-0.15, -0.1) is 0 Å². The average molecular weight is 161 g/mol. The van der Waals surface area contributed by atoms with Crippen molar-refractivity contribution in [3.05, 3.63) is 0 Å². The molecule has 5 heteroatoms. The van der Waals surface area contributed by atoms with Gasteiger partial charge in [-0.1, -0.05) is 0 Å². The normalized spacial score (nSPS) is 52.6. The first-order valence-corrected chi connectivity index (χ1v) is 3.67. The summed E-state index contributed by atoms with van der Waals surface area (Å²) in [5, 5.41) is 18.5. The molecule has 11 heavy (non-hydrogen) atoms. The highest BCUT2D eigenvalue weighted by Gasteiger charge is 2.38. The van der Waals surface area contributed by atoms with E-state index in [0.29, 0.717) is 6.42 Å². The Hall–Kier alpha value is -0.200.